The first-order valence-corrected chi connectivity index (χ1v) is 12.2. The normalized spacial score (nSPS) is 17.1. The number of carbonyl (C=O) groups excluding carboxylic acids is 2. The maximum atomic E-state index is 12.8. The lowest BCUT2D eigenvalue weighted by atomic mass is 9.62. The van der Waals surface area contributed by atoms with Crippen molar-refractivity contribution in [2.75, 3.05) is 0 Å². The molecular formula is C29H41NO4. The van der Waals surface area contributed by atoms with Crippen LogP contribution in [0.15, 0.2) is 28.7 Å². The van der Waals surface area contributed by atoms with Crippen LogP contribution in [0.1, 0.15) is 114 Å². The topological polar surface area (TPSA) is 68.5 Å². The Bertz CT molecular complexity index is 1100. The number of aryl methyl sites for hydroxylation is 1. The quantitative estimate of drug-likeness (QED) is 0.518. The van der Waals surface area contributed by atoms with Gasteiger partial charge < -0.3 is 14.5 Å². The number of carbonyl (C=O) groups is 2. The van der Waals surface area contributed by atoms with Gasteiger partial charge in [-0.05, 0) is 99.6 Å². The highest BCUT2D eigenvalue weighted by atomic mass is 16.6. The molecule has 34 heavy (non-hydrogen) atoms. The molecule has 3 rings (SSSR count). The average Bonchev–Trinajstić information content (AvgIpc) is 3.14. The predicted octanol–water partition coefficient (Wildman–Crippen LogP) is 6.38. The summed E-state index contributed by atoms with van der Waals surface area (Å²) in [5.74, 6) is -0.0256. The van der Waals surface area contributed by atoms with Gasteiger partial charge in [-0.2, -0.15) is 0 Å². The molecule has 5 nitrogen and oxygen atoms in total. The van der Waals surface area contributed by atoms with E-state index in [4.69, 9.17) is 9.15 Å². The van der Waals surface area contributed by atoms with Crippen LogP contribution in [0, 0.1) is 6.92 Å². The number of nitrogens with one attached hydrogen (secondary N) is 1. The number of ether oxygens (including phenoxy) is 1. The minimum atomic E-state index is -1.18. The van der Waals surface area contributed by atoms with Gasteiger partial charge in [-0.3, -0.25) is 4.79 Å². The summed E-state index contributed by atoms with van der Waals surface area (Å²) < 4.78 is 11.3. The van der Waals surface area contributed by atoms with Gasteiger partial charge in [0.25, 0.3) is 5.91 Å². The van der Waals surface area contributed by atoms with Crippen LogP contribution in [0.3, 0.4) is 0 Å². The Morgan fingerprint density at radius 1 is 0.971 bits per heavy atom. The molecule has 0 bridgehead atoms. The van der Waals surface area contributed by atoms with Crippen molar-refractivity contribution in [1.82, 2.24) is 5.32 Å². The zero-order valence-electron chi connectivity index (χ0n) is 22.6. The van der Waals surface area contributed by atoms with Crippen LogP contribution in [-0.2, 0) is 26.8 Å². The second kappa shape index (κ2) is 8.58. The van der Waals surface area contributed by atoms with Crippen molar-refractivity contribution >= 4 is 11.9 Å². The standard InChI is InChI=1S/C29H41NO4/c1-18-15-21-22(28(7,8)14-13-27(21,5)6)17-19(18)16-20-11-12-23(33-20)24(31)30-29(9,10)25(32)34-26(2,3)4/h11-12,15,17H,13-14,16H2,1-10H3,(H,30,31). The van der Waals surface area contributed by atoms with Crippen molar-refractivity contribution in [3.05, 3.63) is 58.0 Å². The molecule has 186 valence electrons. The Morgan fingerprint density at radius 2 is 1.53 bits per heavy atom. The summed E-state index contributed by atoms with van der Waals surface area (Å²) in [5.41, 5.74) is 3.79. The van der Waals surface area contributed by atoms with E-state index in [1.807, 2.05) is 6.07 Å². The zero-order chi connectivity index (χ0) is 25.7. The molecule has 1 amide bonds. The largest absolute Gasteiger partial charge is 0.458 e. The van der Waals surface area contributed by atoms with Crippen LogP contribution in [0.2, 0.25) is 0 Å². The molecule has 1 N–H and O–H groups in total. The number of rotatable bonds is 5. The van der Waals surface area contributed by atoms with Gasteiger partial charge >= 0.3 is 5.97 Å². The maximum absolute atomic E-state index is 12.8. The summed E-state index contributed by atoms with van der Waals surface area (Å²) in [5, 5.41) is 2.74. The zero-order valence-corrected chi connectivity index (χ0v) is 22.6. The van der Waals surface area contributed by atoms with Crippen LogP contribution in [-0.4, -0.2) is 23.0 Å². The Balaban J connectivity index is 1.79. The molecule has 5 heteroatoms. The molecule has 0 radical (unpaired) electrons. The van der Waals surface area contributed by atoms with E-state index in [0.717, 1.165) is 12.2 Å². The first-order chi connectivity index (χ1) is 15.4. The van der Waals surface area contributed by atoms with E-state index < -0.39 is 23.0 Å². The lowest BCUT2D eigenvalue weighted by molar-refractivity contribution is -0.161. The predicted molar refractivity (Wildman–Crippen MR) is 135 cm³/mol. The van der Waals surface area contributed by atoms with Crippen LogP contribution >= 0.6 is 0 Å². The van der Waals surface area contributed by atoms with Crippen molar-refractivity contribution < 1.29 is 18.7 Å². The highest BCUT2D eigenvalue weighted by Gasteiger charge is 2.38. The lowest BCUT2D eigenvalue weighted by Gasteiger charge is -2.42. The van der Waals surface area contributed by atoms with Gasteiger partial charge in [-0.15, -0.1) is 0 Å². The van der Waals surface area contributed by atoms with Crippen LogP contribution in [0.25, 0.3) is 0 Å². The molecule has 0 saturated heterocycles. The molecule has 1 heterocycles. The molecule has 1 aromatic carbocycles. The summed E-state index contributed by atoms with van der Waals surface area (Å²) in [6.07, 6.45) is 2.95. The summed E-state index contributed by atoms with van der Waals surface area (Å²) in [6.45, 7) is 20.1. The molecule has 1 aromatic heterocycles. The molecule has 0 fully saturated rings. The summed E-state index contributed by atoms with van der Waals surface area (Å²) in [4.78, 5) is 25.3. The summed E-state index contributed by atoms with van der Waals surface area (Å²) >= 11 is 0. The van der Waals surface area contributed by atoms with Gasteiger partial charge in [0.2, 0.25) is 0 Å². The summed E-state index contributed by atoms with van der Waals surface area (Å²) in [6, 6.07) is 8.17. The Kier molecular flexibility index (Phi) is 6.58. The number of furan rings is 1. The van der Waals surface area contributed by atoms with E-state index in [2.05, 4.69) is 52.1 Å². The smallest absolute Gasteiger partial charge is 0.331 e. The average molecular weight is 468 g/mol. The maximum Gasteiger partial charge on any atom is 0.331 e. The van der Waals surface area contributed by atoms with Gasteiger partial charge in [0, 0.05) is 6.42 Å². The molecule has 0 spiro atoms. The fourth-order valence-electron chi connectivity index (χ4n) is 4.54. The minimum Gasteiger partial charge on any atom is -0.458 e. The van der Waals surface area contributed by atoms with Crippen molar-refractivity contribution in [3.8, 4) is 0 Å². The Hall–Kier alpha value is -2.56. The van der Waals surface area contributed by atoms with E-state index in [1.54, 1.807) is 40.7 Å². The van der Waals surface area contributed by atoms with E-state index >= 15 is 0 Å². The molecule has 0 aliphatic heterocycles. The van der Waals surface area contributed by atoms with Crippen molar-refractivity contribution in [2.24, 2.45) is 0 Å². The van der Waals surface area contributed by atoms with Crippen LogP contribution in [0.4, 0.5) is 0 Å². The summed E-state index contributed by atoms with van der Waals surface area (Å²) in [7, 11) is 0. The number of fused-ring (bicyclic) bond motifs is 1. The Labute approximate surface area is 204 Å². The third-order valence-corrected chi connectivity index (χ3v) is 6.89. The number of esters is 1. The Morgan fingerprint density at radius 3 is 2.09 bits per heavy atom. The fourth-order valence-corrected chi connectivity index (χ4v) is 4.54. The highest BCUT2D eigenvalue weighted by Crippen LogP contribution is 2.46. The van der Waals surface area contributed by atoms with E-state index in [1.165, 1.54) is 28.7 Å². The molecule has 1 aliphatic rings. The lowest BCUT2D eigenvalue weighted by Crippen LogP contribution is -2.52. The van der Waals surface area contributed by atoms with Crippen molar-refractivity contribution in [3.63, 3.8) is 0 Å². The monoisotopic (exact) mass is 467 g/mol. The van der Waals surface area contributed by atoms with E-state index in [-0.39, 0.29) is 16.6 Å². The van der Waals surface area contributed by atoms with Gasteiger partial charge in [0.1, 0.15) is 16.9 Å². The number of hydrogen-bond acceptors (Lipinski definition) is 4. The second-order valence-electron chi connectivity index (χ2n) is 12.6. The minimum absolute atomic E-state index is 0.134. The van der Waals surface area contributed by atoms with Gasteiger partial charge in [0.15, 0.2) is 5.76 Å². The van der Waals surface area contributed by atoms with Gasteiger partial charge in [-0.25, -0.2) is 4.79 Å². The van der Waals surface area contributed by atoms with Gasteiger partial charge in [-0.1, -0.05) is 39.8 Å². The van der Waals surface area contributed by atoms with Crippen LogP contribution in [0.5, 0.6) is 0 Å². The van der Waals surface area contributed by atoms with Gasteiger partial charge in [0.05, 0.1) is 0 Å². The van der Waals surface area contributed by atoms with E-state index in [9.17, 15) is 9.59 Å². The molecule has 0 atom stereocenters. The molecular weight excluding hydrogens is 426 g/mol. The van der Waals surface area contributed by atoms with Crippen molar-refractivity contribution in [2.45, 2.75) is 110 Å². The first-order valence-electron chi connectivity index (χ1n) is 12.2. The third-order valence-electron chi connectivity index (χ3n) is 6.89. The van der Waals surface area contributed by atoms with Crippen LogP contribution < -0.4 is 5.32 Å². The molecule has 2 aromatic rings. The van der Waals surface area contributed by atoms with Crippen molar-refractivity contribution in [1.29, 1.82) is 0 Å². The molecule has 0 unspecified atom stereocenters. The second-order valence-corrected chi connectivity index (χ2v) is 12.6. The molecule has 1 aliphatic carbocycles. The molecule has 0 saturated carbocycles. The first kappa shape index (κ1) is 26.1. The number of amides is 1. The van der Waals surface area contributed by atoms with E-state index in [0.29, 0.717) is 6.42 Å². The SMILES string of the molecule is Cc1cc2c(cc1Cc1ccc(C(=O)NC(C)(C)C(=O)OC(C)(C)C)o1)C(C)(C)CCC2(C)C. The fraction of sp³-hybridized carbons (Fsp3) is 0.586. The number of benzene rings is 1. The highest BCUT2D eigenvalue weighted by molar-refractivity contribution is 5.96. The number of hydrogen-bond donors (Lipinski definition) is 1. The third kappa shape index (κ3) is 5.56.